The van der Waals surface area contributed by atoms with Crippen molar-refractivity contribution < 1.29 is 13.9 Å². The van der Waals surface area contributed by atoms with Crippen molar-refractivity contribution in [3.63, 3.8) is 0 Å². The van der Waals surface area contributed by atoms with Crippen LogP contribution in [-0.2, 0) is 0 Å². The van der Waals surface area contributed by atoms with Crippen LogP contribution in [0.3, 0.4) is 0 Å². The molecule has 0 saturated heterocycles. The van der Waals surface area contributed by atoms with Gasteiger partial charge in [-0.1, -0.05) is 0 Å². The molecular weight excluding hydrogens is 300 g/mol. The molecule has 0 N–H and O–H groups in total. The number of esters is 1. The summed E-state index contributed by atoms with van der Waals surface area (Å²) in [5.74, 6) is 0.492. The Kier molecular flexibility index (Phi) is 4.20. The number of ether oxygens (including phenoxy) is 1. The Morgan fingerprint density at radius 2 is 1.82 bits per heavy atom. The number of hydrogen-bond acceptors (Lipinski definition) is 6. The molecule has 3 aromatic rings. The molecule has 1 aromatic heterocycles. The second-order valence-electron chi connectivity index (χ2n) is 4.39. The van der Waals surface area contributed by atoms with Crippen molar-refractivity contribution in [2.45, 2.75) is 4.90 Å². The maximum absolute atomic E-state index is 12.1. The van der Waals surface area contributed by atoms with E-state index >= 15 is 0 Å². The molecule has 0 amide bonds. The van der Waals surface area contributed by atoms with Gasteiger partial charge in [-0.3, -0.25) is 0 Å². The van der Waals surface area contributed by atoms with Crippen LogP contribution in [0.1, 0.15) is 10.4 Å². The standard InChI is InChI=1S/C16H12N2O3S/c1-22-14-8-4-12(5-9-14)16(19)21-13-6-2-11(3-7-13)15-18-17-10-20-15/h2-10H,1H3. The summed E-state index contributed by atoms with van der Waals surface area (Å²) in [7, 11) is 0. The molecule has 0 unspecified atom stereocenters. The van der Waals surface area contributed by atoms with E-state index in [-0.39, 0.29) is 0 Å². The predicted molar refractivity (Wildman–Crippen MR) is 82.9 cm³/mol. The number of aromatic nitrogens is 2. The first-order valence-electron chi connectivity index (χ1n) is 6.49. The zero-order valence-electron chi connectivity index (χ0n) is 11.7. The van der Waals surface area contributed by atoms with Crippen molar-refractivity contribution >= 4 is 17.7 Å². The van der Waals surface area contributed by atoms with Crippen LogP contribution in [0.2, 0.25) is 0 Å². The third kappa shape index (κ3) is 3.17. The minimum absolute atomic E-state index is 0.391. The number of carbonyl (C=O) groups excluding carboxylic acids is 1. The summed E-state index contributed by atoms with van der Waals surface area (Å²) in [5, 5.41) is 7.43. The highest BCUT2D eigenvalue weighted by Crippen LogP contribution is 2.21. The minimum Gasteiger partial charge on any atom is -0.423 e. The van der Waals surface area contributed by atoms with Crippen LogP contribution in [0.15, 0.2) is 64.2 Å². The van der Waals surface area contributed by atoms with Crippen molar-refractivity contribution in [3.05, 3.63) is 60.5 Å². The smallest absolute Gasteiger partial charge is 0.343 e. The predicted octanol–water partition coefficient (Wildman–Crippen LogP) is 3.68. The number of rotatable bonds is 4. The number of carbonyl (C=O) groups is 1. The van der Waals surface area contributed by atoms with Crippen LogP contribution in [0.4, 0.5) is 0 Å². The average Bonchev–Trinajstić information content (AvgIpc) is 3.10. The van der Waals surface area contributed by atoms with Gasteiger partial charge in [0.15, 0.2) is 0 Å². The fourth-order valence-electron chi connectivity index (χ4n) is 1.86. The van der Waals surface area contributed by atoms with Crippen molar-refractivity contribution in [3.8, 4) is 17.2 Å². The van der Waals surface area contributed by atoms with E-state index in [2.05, 4.69) is 10.2 Å². The maximum atomic E-state index is 12.1. The zero-order chi connectivity index (χ0) is 15.4. The van der Waals surface area contributed by atoms with Crippen LogP contribution in [0.25, 0.3) is 11.5 Å². The van der Waals surface area contributed by atoms with Crippen molar-refractivity contribution in [1.29, 1.82) is 0 Å². The van der Waals surface area contributed by atoms with Gasteiger partial charge in [0, 0.05) is 10.5 Å². The van der Waals surface area contributed by atoms with Crippen molar-refractivity contribution in [2.75, 3.05) is 6.26 Å². The van der Waals surface area contributed by atoms with Crippen LogP contribution in [0, 0.1) is 0 Å². The Morgan fingerprint density at radius 1 is 1.09 bits per heavy atom. The van der Waals surface area contributed by atoms with E-state index in [1.54, 1.807) is 48.2 Å². The summed E-state index contributed by atoms with van der Waals surface area (Å²) in [6, 6.07) is 14.2. The van der Waals surface area contributed by atoms with E-state index < -0.39 is 5.97 Å². The summed E-state index contributed by atoms with van der Waals surface area (Å²) < 4.78 is 10.4. The lowest BCUT2D eigenvalue weighted by Crippen LogP contribution is -2.08. The Hall–Kier alpha value is -2.60. The fourth-order valence-corrected chi connectivity index (χ4v) is 2.27. The van der Waals surface area contributed by atoms with Gasteiger partial charge in [0.1, 0.15) is 5.75 Å². The number of nitrogens with zero attached hydrogens (tertiary/aromatic N) is 2. The molecule has 1 heterocycles. The molecule has 0 atom stereocenters. The molecule has 0 saturated carbocycles. The molecule has 110 valence electrons. The molecule has 0 aliphatic carbocycles. The third-order valence-electron chi connectivity index (χ3n) is 3.00. The quantitative estimate of drug-likeness (QED) is 0.416. The molecule has 0 spiro atoms. The fraction of sp³-hybridized carbons (Fsp3) is 0.0625. The van der Waals surface area contributed by atoms with Gasteiger partial charge in [0.2, 0.25) is 12.3 Å². The summed E-state index contributed by atoms with van der Waals surface area (Å²) in [5.41, 5.74) is 1.28. The number of thioether (sulfide) groups is 1. The van der Waals surface area contributed by atoms with Gasteiger partial charge in [-0.2, -0.15) is 0 Å². The van der Waals surface area contributed by atoms with E-state index in [0.29, 0.717) is 17.2 Å². The lowest BCUT2D eigenvalue weighted by molar-refractivity contribution is 0.0734. The molecule has 0 bridgehead atoms. The average molecular weight is 312 g/mol. The Morgan fingerprint density at radius 3 is 2.41 bits per heavy atom. The SMILES string of the molecule is CSc1ccc(C(=O)Oc2ccc(-c3nnco3)cc2)cc1. The molecule has 0 aliphatic heterocycles. The zero-order valence-corrected chi connectivity index (χ0v) is 12.5. The molecule has 0 fully saturated rings. The first kappa shape index (κ1) is 14.3. The molecule has 5 nitrogen and oxygen atoms in total. The highest BCUT2D eigenvalue weighted by molar-refractivity contribution is 7.98. The highest BCUT2D eigenvalue weighted by Gasteiger charge is 2.09. The lowest BCUT2D eigenvalue weighted by atomic mass is 10.2. The second kappa shape index (κ2) is 6.44. The summed E-state index contributed by atoms with van der Waals surface area (Å²) in [4.78, 5) is 13.2. The van der Waals surface area contributed by atoms with Crippen LogP contribution in [-0.4, -0.2) is 22.4 Å². The molecule has 6 heteroatoms. The first-order chi connectivity index (χ1) is 10.8. The van der Waals surface area contributed by atoms with Gasteiger partial charge < -0.3 is 9.15 Å². The van der Waals surface area contributed by atoms with Gasteiger partial charge in [0.05, 0.1) is 5.56 Å². The van der Waals surface area contributed by atoms with E-state index in [1.165, 1.54) is 6.39 Å². The Labute approximate surface area is 131 Å². The monoisotopic (exact) mass is 312 g/mol. The largest absolute Gasteiger partial charge is 0.423 e. The molecule has 3 rings (SSSR count). The summed E-state index contributed by atoms with van der Waals surface area (Å²) in [6.45, 7) is 0. The summed E-state index contributed by atoms with van der Waals surface area (Å²) in [6.07, 6.45) is 3.25. The molecular formula is C16H12N2O3S. The topological polar surface area (TPSA) is 65.2 Å². The van der Waals surface area contributed by atoms with E-state index in [9.17, 15) is 4.79 Å². The molecule has 0 radical (unpaired) electrons. The van der Waals surface area contributed by atoms with Gasteiger partial charge >= 0.3 is 5.97 Å². The summed E-state index contributed by atoms with van der Waals surface area (Å²) >= 11 is 1.62. The van der Waals surface area contributed by atoms with Gasteiger partial charge in [-0.25, -0.2) is 4.79 Å². The minimum atomic E-state index is -0.391. The molecule has 0 aliphatic rings. The number of benzene rings is 2. The van der Waals surface area contributed by atoms with Crippen LogP contribution >= 0.6 is 11.8 Å². The second-order valence-corrected chi connectivity index (χ2v) is 5.27. The van der Waals surface area contributed by atoms with E-state index in [0.717, 1.165) is 10.5 Å². The van der Waals surface area contributed by atoms with Gasteiger partial charge in [-0.05, 0) is 54.8 Å². The van der Waals surface area contributed by atoms with Crippen LogP contribution in [0.5, 0.6) is 5.75 Å². The molecule has 22 heavy (non-hydrogen) atoms. The van der Waals surface area contributed by atoms with E-state index in [1.807, 2.05) is 18.4 Å². The first-order valence-corrected chi connectivity index (χ1v) is 7.71. The third-order valence-corrected chi connectivity index (χ3v) is 3.74. The Balaban J connectivity index is 1.71. The van der Waals surface area contributed by atoms with Crippen molar-refractivity contribution in [2.24, 2.45) is 0 Å². The van der Waals surface area contributed by atoms with Crippen LogP contribution < -0.4 is 4.74 Å². The van der Waals surface area contributed by atoms with Gasteiger partial charge in [0.25, 0.3) is 0 Å². The van der Waals surface area contributed by atoms with Gasteiger partial charge in [-0.15, -0.1) is 22.0 Å². The normalized spacial score (nSPS) is 10.4. The number of hydrogen-bond donors (Lipinski definition) is 0. The highest BCUT2D eigenvalue weighted by atomic mass is 32.2. The van der Waals surface area contributed by atoms with E-state index in [4.69, 9.17) is 9.15 Å². The Bertz CT molecular complexity index is 753. The molecule has 2 aromatic carbocycles. The lowest BCUT2D eigenvalue weighted by Gasteiger charge is -2.05. The maximum Gasteiger partial charge on any atom is 0.343 e. The van der Waals surface area contributed by atoms with Crippen molar-refractivity contribution in [1.82, 2.24) is 10.2 Å².